The first-order chi connectivity index (χ1) is 13.8. The Hall–Kier alpha value is -3.05. The van der Waals surface area contributed by atoms with E-state index in [9.17, 15) is 9.59 Å². The molecule has 1 N–H and O–H groups in total. The molecule has 0 heterocycles. The van der Waals surface area contributed by atoms with Crippen molar-refractivity contribution in [1.82, 2.24) is 4.90 Å². The quantitative estimate of drug-likeness (QED) is 0.651. The summed E-state index contributed by atoms with van der Waals surface area (Å²) < 4.78 is 11.9. The minimum absolute atomic E-state index is 0.108. The van der Waals surface area contributed by atoms with E-state index in [1.165, 1.54) is 11.9 Å². The van der Waals surface area contributed by atoms with Crippen molar-refractivity contribution >= 4 is 33.4 Å². The molecular formula is C21H22BrN3O4. The number of hydrogen-bond donors (Lipinski definition) is 1. The van der Waals surface area contributed by atoms with Crippen LogP contribution < -0.4 is 14.8 Å². The molecule has 0 saturated heterocycles. The van der Waals surface area contributed by atoms with Gasteiger partial charge in [0.25, 0.3) is 5.91 Å². The van der Waals surface area contributed by atoms with Gasteiger partial charge in [0.2, 0.25) is 5.91 Å². The largest absolute Gasteiger partial charge is 0.490 e. The molecule has 2 aromatic carbocycles. The van der Waals surface area contributed by atoms with Gasteiger partial charge in [-0.05, 0) is 49.7 Å². The number of carbonyl (C=O) groups is 2. The molecule has 0 bridgehead atoms. The third-order valence-electron chi connectivity index (χ3n) is 3.99. The molecule has 0 saturated carbocycles. The van der Waals surface area contributed by atoms with Crippen LogP contribution in [-0.2, 0) is 9.59 Å². The smallest absolute Gasteiger partial charge is 0.260 e. The number of anilines is 1. The van der Waals surface area contributed by atoms with Gasteiger partial charge in [-0.2, -0.15) is 5.26 Å². The molecule has 0 atom stereocenters. The predicted octanol–water partition coefficient (Wildman–Crippen LogP) is 3.50. The van der Waals surface area contributed by atoms with E-state index in [1.54, 1.807) is 24.3 Å². The van der Waals surface area contributed by atoms with Crippen molar-refractivity contribution in [2.75, 3.05) is 32.1 Å². The second-order valence-electron chi connectivity index (χ2n) is 6.25. The Morgan fingerprint density at radius 1 is 1.17 bits per heavy atom. The number of halogens is 1. The summed E-state index contributed by atoms with van der Waals surface area (Å²) >= 11 is 3.38. The van der Waals surface area contributed by atoms with Crippen LogP contribution in [0.4, 0.5) is 5.69 Å². The van der Waals surface area contributed by atoms with Gasteiger partial charge in [-0.25, -0.2) is 0 Å². The molecule has 0 fully saturated rings. The van der Waals surface area contributed by atoms with E-state index in [1.807, 2.05) is 32.0 Å². The van der Waals surface area contributed by atoms with Crippen LogP contribution in [-0.4, -0.2) is 43.5 Å². The first kappa shape index (κ1) is 22.2. The Morgan fingerprint density at radius 3 is 2.59 bits per heavy atom. The van der Waals surface area contributed by atoms with Gasteiger partial charge in [0.05, 0.1) is 24.8 Å². The Balaban J connectivity index is 1.92. The third-order valence-corrected chi connectivity index (χ3v) is 4.49. The highest BCUT2D eigenvalue weighted by Gasteiger charge is 2.16. The Labute approximate surface area is 178 Å². The molecule has 8 heteroatoms. The summed E-state index contributed by atoms with van der Waals surface area (Å²) in [6.07, 6.45) is 0. The number of carbonyl (C=O) groups excluding carboxylic acids is 2. The molecule has 29 heavy (non-hydrogen) atoms. The van der Waals surface area contributed by atoms with Crippen molar-refractivity contribution in [3.05, 3.63) is 52.0 Å². The van der Waals surface area contributed by atoms with Crippen LogP contribution in [0.3, 0.4) is 0 Å². The van der Waals surface area contributed by atoms with Crippen LogP contribution in [0.25, 0.3) is 0 Å². The van der Waals surface area contributed by atoms with Gasteiger partial charge in [0, 0.05) is 23.3 Å². The van der Waals surface area contributed by atoms with Crippen LogP contribution in [0.1, 0.15) is 18.1 Å². The molecule has 2 amide bonds. The molecule has 7 nitrogen and oxygen atoms in total. The topological polar surface area (TPSA) is 91.7 Å². The molecule has 0 aliphatic carbocycles. The van der Waals surface area contributed by atoms with Gasteiger partial charge in [0.15, 0.2) is 18.1 Å². The molecule has 0 aliphatic heterocycles. The SMILES string of the molecule is CCOc1cc(C#N)ccc1OCC(=O)N(C)CC(=O)Nc1ccc(Br)cc1C. The molecule has 0 unspecified atom stereocenters. The molecule has 2 aromatic rings. The average molecular weight is 460 g/mol. The fourth-order valence-electron chi connectivity index (χ4n) is 2.48. The number of rotatable bonds is 8. The van der Waals surface area contributed by atoms with Gasteiger partial charge in [-0.3, -0.25) is 9.59 Å². The van der Waals surface area contributed by atoms with Crippen molar-refractivity contribution < 1.29 is 19.1 Å². The van der Waals surface area contributed by atoms with Crippen LogP contribution >= 0.6 is 15.9 Å². The van der Waals surface area contributed by atoms with Crippen molar-refractivity contribution in [1.29, 1.82) is 5.26 Å². The molecule has 152 valence electrons. The molecule has 0 radical (unpaired) electrons. The summed E-state index contributed by atoms with van der Waals surface area (Å²) in [6, 6.07) is 12.3. The summed E-state index contributed by atoms with van der Waals surface area (Å²) in [6.45, 7) is 3.73. The predicted molar refractivity (Wildman–Crippen MR) is 113 cm³/mol. The highest BCUT2D eigenvalue weighted by Crippen LogP contribution is 2.28. The first-order valence-corrected chi connectivity index (χ1v) is 9.73. The Morgan fingerprint density at radius 2 is 1.93 bits per heavy atom. The van der Waals surface area contributed by atoms with Crippen molar-refractivity contribution in [2.45, 2.75) is 13.8 Å². The van der Waals surface area contributed by atoms with E-state index in [0.717, 1.165) is 10.0 Å². The summed E-state index contributed by atoms with van der Waals surface area (Å²) in [4.78, 5) is 25.9. The van der Waals surface area contributed by atoms with Gasteiger partial charge < -0.3 is 19.7 Å². The van der Waals surface area contributed by atoms with E-state index in [4.69, 9.17) is 14.7 Å². The fraction of sp³-hybridized carbons (Fsp3) is 0.286. The lowest BCUT2D eigenvalue weighted by Crippen LogP contribution is -2.37. The first-order valence-electron chi connectivity index (χ1n) is 8.93. The average Bonchev–Trinajstić information content (AvgIpc) is 2.69. The molecular weight excluding hydrogens is 438 g/mol. The highest BCUT2D eigenvalue weighted by atomic mass is 79.9. The minimum Gasteiger partial charge on any atom is -0.490 e. The van der Waals surface area contributed by atoms with Crippen LogP contribution in [0.15, 0.2) is 40.9 Å². The van der Waals surface area contributed by atoms with Gasteiger partial charge in [0.1, 0.15) is 0 Å². The van der Waals surface area contributed by atoms with Crippen molar-refractivity contribution in [3.63, 3.8) is 0 Å². The second kappa shape index (κ2) is 10.5. The Kier molecular flexibility index (Phi) is 8.04. The van der Waals surface area contributed by atoms with Gasteiger partial charge in [-0.1, -0.05) is 15.9 Å². The van der Waals surface area contributed by atoms with E-state index in [2.05, 4.69) is 21.2 Å². The number of nitrogens with zero attached hydrogens (tertiary/aromatic N) is 2. The maximum atomic E-state index is 12.3. The van der Waals surface area contributed by atoms with Crippen molar-refractivity contribution in [2.24, 2.45) is 0 Å². The minimum atomic E-state index is -0.362. The van der Waals surface area contributed by atoms with Gasteiger partial charge in [-0.15, -0.1) is 0 Å². The molecule has 0 aliphatic rings. The fourth-order valence-corrected chi connectivity index (χ4v) is 2.95. The number of amides is 2. The van der Waals surface area contributed by atoms with Gasteiger partial charge >= 0.3 is 0 Å². The number of nitriles is 1. The zero-order valence-electron chi connectivity index (χ0n) is 16.5. The van der Waals surface area contributed by atoms with E-state index in [-0.39, 0.29) is 25.0 Å². The van der Waals surface area contributed by atoms with Crippen LogP contribution in [0.2, 0.25) is 0 Å². The van der Waals surface area contributed by atoms with Crippen LogP contribution in [0, 0.1) is 18.3 Å². The summed E-state index contributed by atoms with van der Waals surface area (Å²) in [5.41, 5.74) is 2.03. The lowest BCUT2D eigenvalue weighted by molar-refractivity contribution is -0.135. The maximum Gasteiger partial charge on any atom is 0.260 e. The lowest BCUT2D eigenvalue weighted by atomic mass is 10.2. The third kappa shape index (κ3) is 6.50. The standard InChI is InChI=1S/C21H22BrN3O4/c1-4-28-19-10-15(11-23)5-8-18(19)29-13-21(27)25(3)12-20(26)24-17-7-6-16(22)9-14(17)2/h5-10H,4,12-13H2,1-3H3,(H,24,26). The maximum absolute atomic E-state index is 12.3. The summed E-state index contributed by atoms with van der Waals surface area (Å²) in [5.74, 6) is 0.0899. The molecule has 0 spiro atoms. The number of benzene rings is 2. The van der Waals surface area contributed by atoms with Crippen LogP contribution in [0.5, 0.6) is 11.5 Å². The number of ether oxygens (including phenoxy) is 2. The number of aryl methyl sites for hydroxylation is 1. The van der Waals surface area contributed by atoms with E-state index >= 15 is 0 Å². The van der Waals surface area contributed by atoms with E-state index < -0.39 is 0 Å². The zero-order chi connectivity index (χ0) is 21.4. The zero-order valence-corrected chi connectivity index (χ0v) is 18.1. The Bertz CT molecular complexity index is 940. The normalized spacial score (nSPS) is 10.0. The molecule has 2 rings (SSSR count). The molecule has 0 aromatic heterocycles. The van der Waals surface area contributed by atoms with Crippen molar-refractivity contribution in [3.8, 4) is 17.6 Å². The number of nitrogens with one attached hydrogen (secondary N) is 1. The summed E-state index contributed by atoms with van der Waals surface area (Å²) in [7, 11) is 1.53. The summed E-state index contributed by atoms with van der Waals surface area (Å²) in [5, 5.41) is 11.8. The highest BCUT2D eigenvalue weighted by molar-refractivity contribution is 9.10. The van der Waals surface area contributed by atoms with E-state index in [0.29, 0.717) is 29.4 Å². The monoisotopic (exact) mass is 459 g/mol. The number of likely N-dealkylation sites (N-methyl/N-ethyl adjacent to an activating group) is 1. The number of hydrogen-bond acceptors (Lipinski definition) is 5. The lowest BCUT2D eigenvalue weighted by Gasteiger charge is -2.18. The second-order valence-corrected chi connectivity index (χ2v) is 7.17.